The quantitative estimate of drug-likeness (QED) is 0.851. The van der Waals surface area contributed by atoms with E-state index in [4.69, 9.17) is 10.5 Å². The molecule has 0 saturated carbocycles. The summed E-state index contributed by atoms with van der Waals surface area (Å²) in [6, 6.07) is 6.85. The van der Waals surface area contributed by atoms with Crippen LogP contribution in [0, 0.1) is 5.92 Å². The van der Waals surface area contributed by atoms with Gasteiger partial charge in [0, 0.05) is 10.1 Å². The third kappa shape index (κ3) is 3.06. The Bertz CT molecular complexity index is 679. The van der Waals surface area contributed by atoms with E-state index in [1.165, 1.54) is 18.4 Å². The molecule has 2 aromatic rings. The highest BCUT2D eigenvalue weighted by Crippen LogP contribution is 2.36. The Kier molecular flexibility index (Phi) is 4.59. The molecule has 5 nitrogen and oxygen atoms in total. The zero-order valence-electron chi connectivity index (χ0n) is 12.2. The Balaban J connectivity index is 2.45. The van der Waals surface area contributed by atoms with Gasteiger partial charge in [-0.25, -0.2) is 4.79 Å². The lowest BCUT2D eigenvalue weighted by Gasteiger charge is -2.15. The second-order valence-corrected chi connectivity index (χ2v) is 6.11. The fourth-order valence-corrected chi connectivity index (χ4v) is 2.99. The first-order valence-electron chi connectivity index (χ1n) is 6.62. The standard InChI is InChI=1S/C15H18N2O3S/c1-8(2)11(16)14(18)17-12-9-6-4-5-7-10(9)21-13(12)15(19)20-3/h4-8,11H,16H2,1-3H3,(H,17,18)/t11-/m0/s1. The molecule has 1 heterocycles. The zero-order valence-corrected chi connectivity index (χ0v) is 13.0. The second kappa shape index (κ2) is 6.24. The fourth-order valence-electron chi connectivity index (χ4n) is 1.92. The summed E-state index contributed by atoms with van der Waals surface area (Å²) in [4.78, 5) is 24.4. The lowest BCUT2D eigenvalue weighted by molar-refractivity contribution is -0.118. The van der Waals surface area contributed by atoms with Crippen molar-refractivity contribution in [3.05, 3.63) is 29.1 Å². The molecular weight excluding hydrogens is 288 g/mol. The van der Waals surface area contributed by atoms with Crippen molar-refractivity contribution in [1.82, 2.24) is 0 Å². The normalized spacial score (nSPS) is 12.4. The molecule has 6 heteroatoms. The van der Waals surface area contributed by atoms with Crippen LogP contribution in [0.1, 0.15) is 23.5 Å². The average Bonchev–Trinajstić information content (AvgIpc) is 2.84. The van der Waals surface area contributed by atoms with Crippen LogP contribution in [0.4, 0.5) is 5.69 Å². The van der Waals surface area contributed by atoms with Crippen molar-refractivity contribution in [2.75, 3.05) is 12.4 Å². The van der Waals surface area contributed by atoms with Crippen LogP contribution in [0.25, 0.3) is 10.1 Å². The smallest absolute Gasteiger partial charge is 0.350 e. The molecule has 0 unspecified atom stereocenters. The molecule has 1 amide bonds. The number of hydrogen-bond donors (Lipinski definition) is 2. The van der Waals surface area contributed by atoms with Gasteiger partial charge in [0.2, 0.25) is 5.91 Å². The molecule has 0 aliphatic carbocycles. The lowest BCUT2D eigenvalue weighted by atomic mass is 10.0. The molecule has 0 aliphatic heterocycles. The first-order chi connectivity index (χ1) is 9.95. The number of benzene rings is 1. The van der Waals surface area contributed by atoms with E-state index in [2.05, 4.69) is 5.32 Å². The zero-order chi connectivity index (χ0) is 15.6. The highest BCUT2D eigenvalue weighted by molar-refractivity contribution is 7.21. The largest absolute Gasteiger partial charge is 0.465 e. The number of thiophene rings is 1. The molecule has 2 rings (SSSR count). The van der Waals surface area contributed by atoms with Crippen molar-refractivity contribution in [2.24, 2.45) is 11.7 Å². The maximum atomic E-state index is 12.2. The molecule has 0 fully saturated rings. The first kappa shape index (κ1) is 15.5. The van der Waals surface area contributed by atoms with Crippen molar-refractivity contribution in [3.63, 3.8) is 0 Å². The number of hydrogen-bond acceptors (Lipinski definition) is 5. The monoisotopic (exact) mass is 306 g/mol. The number of carbonyl (C=O) groups is 2. The summed E-state index contributed by atoms with van der Waals surface area (Å²) in [6.45, 7) is 3.74. The number of nitrogens with one attached hydrogen (secondary N) is 1. The van der Waals surface area contributed by atoms with Crippen LogP contribution in [-0.4, -0.2) is 25.0 Å². The maximum Gasteiger partial charge on any atom is 0.350 e. The van der Waals surface area contributed by atoms with E-state index in [1.54, 1.807) is 0 Å². The van der Waals surface area contributed by atoms with Crippen LogP contribution in [0.3, 0.4) is 0 Å². The summed E-state index contributed by atoms with van der Waals surface area (Å²) in [5, 5.41) is 3.59. The number of esters is 1. The van der Waals surface area contributed by atoms with Gasteiger partial charge in [-0.3, -0.25) is 4.79 Å². The van der Waals surface area contributed by atoms with E-state index in [0.717, 1.165) is 10.1 Å². The van der Waals surface area contributed by atoms with Gasteiger partial charge in [0.25, 0.3) is 0 Å². The summed E-state index contributed by atoms with van der Waals surface area (Å²) in [5.41, 5.74) is 6.33. The molecule has 1 aromatic heterocycles. The third-order valence-corrected chi connectivity index (χ3v) is 4.39. The second-order valence-electron chi connectivity index (χ2n) is 5.05. The van der Waals surface area contributed by atoms with E-state index in [-0.39, 0.29) is 11.8 Å². The van der Waals surface area contributed by atoms with Crippen molar-refractivity contribution in [3.8, 4) is 0 Å². The van der Waals surface area contributed by atoms with Crippen LogP contribution in [0.15, 0.2) is 24.3 Å². The molecule has 21 heavy (non-hydrogen) atoms. The minimum Gasteiger partial charge on any atom is -0.465 e. The lowest BCUT2D eigenvalue weighted by Crippen LogP contribution is -2.39. The van der Waals surface area contributed by atoms with Crippen LogP contribution in [-0.2, 0) is 9.53 Å². The molecular formula is C15H18N2O3S. The molecule has 112 valence electrons. The van der Waals surface area contributed by atoms with Gasteiger partial charge in [0.05, 0.1) is 18.8 Å². The van der Waals surface area contributed by atoms with Crippen molar-refractivity contribution in [2.45, 2.75) is 19.9 Å². The van der Waals surface area contributed by atoms with Gasteiger partial charge >= 0.3 is 5.97 Å². The molecule has 1 atom stereocenters. The van der Waals surface area contributed by atoms with Gasteiger partial charge < -0.3 is 15.8 Å². The number of rotatable bonds is 4. The average molecular weight is 306 g/mol. The van der Waals surface area contributed by atoms with Crippen molar-refractivity contribution >= 4 is 39.0 Å². The number of amides is 1. The minimum absolute atomic E-state index is 0.0106. The molecule has 0 radical (unpaired) electrons. The Hall–Kier alpha value is -1.92. The van der Waals surface area contributed by atoms with Gasteiger partial charge in [0.1, 0.15) is 4.88 Å². The van der Waals surface area contributed by atoms with Crippen LogP contribution < -0.4 is 11.1 Å². The molecule has 0 aliphatic rings. The molecule has 0 saturated heterocycles. The SMILES string of the molecule is COC(=O)c1sc2ccccc2c1NC(=O)[C@@H](N)C(C)C. The van der Waals surface area contributed by atoms with Gasteiger partial charge in [-0.15, -0.1) is 11.3 Å². The number of methoxy groups -OCH3 is 1. The predicted molar refractivity (Wildman–Crippen MR) is 84.6 cm³/mol. The molecule has 0 bridgehead atoms. The van der Waals surface area contributed by atoms with E-state index >= 15 is 0 Å². The first-order valence-corrected chi connectivity index (χ1v) is 7.43. The van der Waals surface area contributed by atoms with Crippen LogP contribution >= 0.6 is 11.3 Å². The van der Waals surface area contributed by atoms with E-state index < -0.39 is 12.0 Å². The third-order valence-electron chi connectivity index (χ3n) is 3.24. The summed E-state index contributed by atoms with van der Waals surface area (Å²) in [6.07, 6.45) is 0. The number of nitrogens with two attached hydrogens (primary N) is 1. The molecule has 1 aromatic carbocycles. The summed E-state index contributed by atoms with van der Waals surface area (Å²) in [5.74, 6) is -0.764. The maximum absolute atomic E-state index is 12.2. The molecule has 3 N–H and O–H groups in total. The minimum atomic E-state index is -0.630. The van der Waals surface area contributed by atoms with Crippen LogP contribution in [0.5, 0.6) is 0 Å². The number of anilines is 1. The Morgan fingerprint density at radius 2 is 1.95 bits per heavy atom. The number of ether oxygens (including phenoxy) is 1. The van der Waals surface area contributed by atoms with Gasteiger partial charge in [0.15, 0.2) is 0 Å². The predicted octanol–water partition coefficient (Wildman–Crippen LogP) is 2.61. The Labute approximate surface area is 127 Å². The fraction of sp³-hybridized carbons (Fsp3) is 0.333. The topological polar surface area (TPSA) is 81.4 Å². The Morgan fingerprint density at radius 1 is 1.29 bits per heavy atom. The van der Waals surface area contributed by atoms with E-state index in [1.807, 2.05) is 38.1 Å². The number of carbonyl (C=O) groups excluding carboxylic acids is 2. The van der Waals surface area contributed by atoms with Gasteiger partial charge in [-0.1, -0.05) is 32.0 Å². The highest BCUT2D eigenvalue weighted by Gasteiger charge is 2.24. The summed E-state index contributed by atoms with van der Waals surface area (Å²) >= 11 is 1.29. The van der Waals surface area contributed by atoms with Gasteiger partial charge in [-0.05, 0) is 12.0 Å². The highest BCUT2D eigenvalue weighted by atomic mass is 32.1. The van der Waals surface area contributed by atoms with Crippen molar-refractivity contribution in [1.29, 1.82) is 0 Å². The summed E-state index contributed by atoms with van der Waals surface area (Å²) < 4.78 is 5.69. The summed E-state index contributed by atoms with van der Waals surface area (Å²) in [7, 11) is 1.32. The van der Waals surface area contributed by atoms with Crippen LogP contribution in [0.2, 0.25) is 0 Å². The van der Waals surface area contributed by atoms with E-state index in [9.17, 15) is 9.59 Å². The van der Waals surface area contributed by atoms with E-state index in [0.29, 0.717) is 10.6 Å². The van der Waals surface area contributed by atoms with Gasteiger partial charge in [-0.2, -0.15) is 0 Å². The molecule has 0 spiro atoms. The Morgan fingerprint density at radius 3 is 2.57 bits per heavy atom. The number of fused-ring (bicyclic) bond motifs is 1. The van der Waals surface area contributed by atoms with Crippen molar-refractivity contribution < 1.29 is 14.3 Å².